The van der Waals surface area contributed by atoms with Crippen LogP contribution in [0.4, 0.5) is 15.3 Å². The Morgan fingerprint density at radius 2 is 2.11 bits per heavy atom. The van der Waals surface area contributed by atoms with Gasteiger partial charge in [-0.15, -0.1) is 0 Å². The zero-order valence-electron chi connectivity index (χ0n) is 14.7. The maximum Gasteiger partial charge on any atom is 0.315 e. The number of hydrogen-bond acceptors (Lipinski definition) is 6. The van der Waals surface area contributed by atoms with E-state index >= 15 is 0 Å². The number of carbonyl (C=O) groups is 4. The van der Waals surface area contributed by atoms with Crippen molar-refractivity contribution < 1.29 is 19.2 Å². The van der Waals surface area contributed by atoms with Crippen LogP contribution in [-0.4, -0.2) is 53.7 Å². The highest BCUT2D eigenvalue weighted by molar-refractivity contribution is 8.18. The van der Waals surface area contributed by atoms with Crippen LogP contribution in [0.25, 0.3) is 6.08 Å². The number of thioether (sulfide) groups is 1. The van der Waals surface area contributed by atoms with Crippen molar-refractivity contribution in [2.75, 3.05) is 24.5 Å². The lowest BCUT2D eigenvalue weighted by atomic mass is 10.1. The first-order chi connectivity index (χ1) is 13.3. The molecule has 1 atom stereocenters. The predicted octanol–water partition coefficient (Wildman–Crippen LogP) is 1.11. The van der Waals surface area contributed by atoms with Gasteiger partial charge in [0.25, 0.3) is 11.1 Å². The van der Waals surface area contributed by atoms with E-state index in [1.54, 1.807) is 24.3 Å². The maximum atomic E-state index is 11.9. The first kappa shape index (κ1) is 20.0. The lowest BCUT2D eigenvalue weighted by Crippen LogP contribution is -2.48. The summed E-state index contributed by atoms with van der Waals surface area (Å²) in [6.45, 7) is 0.700. The number of rotatable bonds is 5. The SMILES string of the molecule is NC(=O)CN(C(N)=O)[C@H]1CCN(c2c(Cl)cccc2C=C2SC(=O)NC2=O)C1. The Balaban J connectivity index is 1.88. The molecule has 2 aliphatic heterocycles. The van der Waals surface area contributed by atoms with Gasteiger partial charge in [-0.2, -0.15) is 0 Å². The molecular formula is C17H18ClN5O4S. The van der Waals surface area contributed by atoms with Crippen molar-refractivity contribution in [1.29, 1.82) is 0 Å². The Labute approximate surface area is 170 Å². The summed E-state index contributed by atoms with van der Waals surface area (Å²) in [7, 11) is 0. The second-order valence-corrected chi connectivity index (χ2v) is 7.77. The Morgan fingerprint density at radius 1 is 1.36 bits per heavy atom. The van der Waals surface area contributed by atoms with E-state index < -0.39 is 23.1 Å². The van der Waals surface area contributed by atoms with Crippen molar-refractivity contribution in [3.63, 3.8) is 0 Å². The zero-order chi connectivity index (χ0) is 20.4. The molecule has 11 heteroatoms. The molecule has 5 N–H and O–H groups in total. The number of para-hydroxylation sites is 1. The third-order valence-electron chi connectivity index (χ3n) is 4.48. The van der Waals surface area contributed by atoms with Gasteiger partial charge in [0, 0.05) is 18.7 Å². The van der Waals surface area contributed by atoms with Crippen LogP contribution in [0.3, 0.4) is 0 Å². The Hall–Kier alpha value is -2.72. The number of imide groups is 1. The molecule has 2 saturated heterocycles. The highest BCUT2D eigenvalue weighted by Crippen LogP contribution is 2.36. The van der Waals surface area contributed by atoms with E-state index in [1.165, 1.54) is 4.90 Å². The van der Waals surface area contributed by atoms with E-state index in [0.29, 0.717) is 35.8 Å². The summed E-state index contributed by atoms with van der Waals surface area (Å²) < 4.78 is 0. The average molecular weight is 424 g/mol. The molecule has 148 valence electrons. The van der Waals surface area contributed by atoms with Crippen LogP contribution < -0.4 is 21.7 Å². The summed E-state index contributed by atoms with van der Waals surface area (Å²) in [4.78, 5) is 49.7. The van der Waals surface area contributed by atoms with Crippen molar-refractivity contribution in [2.24, 2.45) is 11.5 Å². The van der Waals surface area contributed by atoms with Crippen molar-refractivity contribution >= 4 is 58.2 Å². The fraction of sp³-hybridized carbons (Fsp3) is 0.294. The smallest absolute Gasteiger partial charge is 0.315 e. The molecule has 2 fully saturated rings. The second-order valence-electron chi connectivity index (χ2n) is 6.35. The summed E-state index contributed by atoms with van der Waals surface area (Å²) in [5.74, 6) is -1.10. The lowest BCUT2D eigenvalue weighted by molar-refractivity contribution is -0.119. The number of primary amides is 2. The third-order valence-corrected chi connectivity index (χ3v) is 5.59. The van der Waals surface area contributed by atoms with Gasteiger partial charge < -0.3 is 21.3 Å². The molecule has 2 aliphatic rings. The van der Waals surface area contributed by atoms with Gasteiger partial charge in [-0.25, -0.2) is 4.79 Å². The number of urea groups is 1. The van der Waals surface area contributed by atoms with Crippen molar-refractivity contribution in [3.8, 4) is 0 Å². The molecule has 9 nitrogen and oxygen atoms in total. The molecule has 5 amide bonds. The van der Waals surface area contributed by atoms with Gasteiger partial charge in [-0.3, -0.25) is 19.7 Å². The molecule has 0 saturated carbocycles. The normalized spacial score (nSPS) is 20.5. The number of nitrogens with zero attached hydrogens (tertiary/aromatic N) is 2. The monoisotopic (exact) mass is 423 g/mol. The largest absolute Gasteiger partial charge is 0.368 e. The molecule has 0 aliphatic carbocycles. The molecule has 28 heavy (non-hydrogen) atoms. The van der Waals surface area contributed by atoms with Gasteiger partial charge in [0.1, 0.15) is 6.54 Å². The molecule has 0 bridgehead atoms. The van der Waals surface area contributed by atoms with E-state index in [2.05, 4.69) is 5.32 Å². The van der Waals surface area contributed by atoms with Gasteiger partial charge >= 0.3 is 6.03 Å². The van der Waals surface area contributed by atoms with E-state index in [4.69, 9.17) is 23.1 Å². The molecule has 0 aromatic heterocycles. The number of amides is 5. The second kappa shape index (κ2) is 8.11. The fourth-order valence-electron chi connectivity index (χ4n) is 3.30. The quantitative estimate of drug-likeness (QED) is 0.606. The van der Waals surface area contributed by atoms with Crippen LogP contribution in [0, 0.1) is 0 Å². The van der Waals surface area contributed by atoms with Gasteiger partial charge in [0.2, 0.25) is 5.91 Å². The van der Waals surface area contributed by atoms with Crippen LogP contribution in [0.1, 0.15) is 12.0 Å². The van der Waals surface area contributed by atoms with E-state index in [-0.39, 0.29) is 17.5 Å². The van der Waals surface area contributed by atoms with Gasteiger partial charge in [0.15, 0.2) is 0 Å². The first-order valence-electron chi connectivity index (χ1n) is 8.39. The van der Waals surface area contributed by atoms with Gasteiger partial charge in [-0.05, 0) is 30.3 Å². The summed E-state index contributed by atoms with van der Waals surface area (Å²) in [5, 5.41) is 2.25. The molecule has 0 radical (unpaired) electrons. The minimum absolute atomic E-state index is 0.258. The van der Waals surface area contributed by atoms with E-state index in [9.17, 15) is 19.2 Å². The standard InChI is InChI=1S/C17H18ClN5O4S/c18-11-3-1-2-9(6-12-15(25)21-17(27)28-12)14(11)22-5-4-10(7-22)23(16(20)26)8-13(19)24/h1-3,6,10H,4-5,7-8H2,(H2,19,24)(H2,20,26)(H,21,25,27)/t10-/m0/s1. The van der Waals surface area contributed by atoms with Crippen molar-refractivity contribution in [3.05, 3.63) is 33.7 Å². The Kier molecular flexibility index (Phi) is 5.80. The Bertz CT molecular complexity index is 890. The number of benzene rings is 1. The lowest BCUT2D eigenvalue weighted by Gasteiger charge is -2.27. The number of nitrogens with two attached hydrogens (primary N) is 2. The molecular weight excluding hydrogens is 406 g/mol. The number of halogens is 1. The fourth-order valence-corrected chi connectivity index (χ4v) is 4.27. The maximum absolute atomic E-state index is 11.9. The molecule has 0 unspecified atom stereocenters. The summed E-state index contributed by atoms with van der Waals surface area (Å²) in [6, 6.07) is 4.23. The van der Waals surface area contributed by atoms with Gasteiger partial charge in [0.05, 0.1) is 21.7 Å². The molecule has 1 aromatic carbocycles. The Morgan fingerprint density at radius 3 is 2.71 bits per heavy atom. The number of carbonyl (C=O) groups excluding carboxylic acids is 4. The van der Waals surface area contributed by atoms with Crippen LogP contribution in [0.15, 0.2) is 23.1 Å². The summed E-state index contributed by atoms with van der Waals surface area (Å²) in [5.41, 5.74) is 11.9. The number of hydrogen-bond donors (Lipinski definition) is 3. The molecule has 3 rings (SSSR count). The topological polar surface area (TPSA) is 139 Å². The van der Waals surface area contributed by atoms with Crippen LogP contribution in [0.2, 0.25) is 5.02 Å². The molecule has 1 aromatic rings. The van der Waals surface area contributed by atoms with Crippen LogP contribution in [-0.2, 0) is 9.59 Å². The zero-order valence-corrected chi connectivity index (χ0v) is 16.3. The number of anilines is 1. The average Bonchev–Trinajstić information content (AvgIpc) is 3.19. The molecule has 2 heterocycles. The van der Waals surface area contributed by atoms with Crippen LogP contribution >= 0.6 is 23.4 Å². The van der Waals surface area contributed by atoms with E-state index in [1.807, 2.05) is 4.90 Å². The van der Waals surface area contributed by atoms with Crippen molar-refractivity contribution in [2.45, 2.75) is 12.5 Å². The highest BCUT2D eigenvalue weighted by Gasteiger charge is 2.33. The minimum atomic E-state index is -0.718. The predicted molar refractivity (Wildman–Crippen MR) is 107 cm³/mol. The molecule has 0 spiro atoms. The first-order valence-corrected chi connectivity index (χ1v) is 9.58. The van der Waals surface area contributed by atoms with E-state index in [0.717, 1.165) is 11.8 Å². The highest BCUT2D eigenvalue weighted by atomic mass is 35.5. The third kappa shape index (κ3) is 4.23. The minimum Gasteiger partial charge on any atom is -0.368 e. The van der Waals surface area contributed by atoms with Crippen LogP contribution in [0.5, 0.6) is 0 Å². The summed E-state index contributed by atoms with van der Waals surface area (Å²) >= 11 is 7.23. The number of nitrogens with one attached hydrogen (secondary N) is 1. The summed E-state index contributed by atoms with van der Waals surface area (Å²) in [6.07, 6.45) is 2.18. The van der Waals surface area contributed by atoms with Crippen molar-refractivity contribution in [1.82, 2.24) is 10.2 Å². The van der Waals surface area contributed by atoms with Gasteiger partial charge in [-0.1, -0.05) is 23.7 Å².